The smallest absolute Gasteiger partial charge is 0.0897 e. The molecule has 1 saturated heterocycles. The minimum Gasteiger partial charge on any atom is -0.394 e. The van der Waals surface area contributed by atoms with Gasteiger partial charge in [-0.2, -0.15) is 0 Å². The lowest BCUT2D eigenvalue weighted by atomic mass is 9.94. The molecule has 1 atom stereocenters. The maximum atomic E-state index is 9.64. The van der Waals surface area contributed by atoms with E-state index in [1.54, 1.807) is 0 Å². The van der Waals surface area contributed by atoms with Crippen molar-refractivity contribution in [2.24, 2.45) is 0 Å². The van der Waals surface area contributed by atoms with Crippen LogP contribution >= 0.6 is 0 Å². The molecule has 0 radical (unpaired) electrons. The first-order chi connectivity index (χ1) is 6.03. The van der Waals surface area contributed by atoms with Gasteiger partial charge in [0, 0.05) is 19.6 Å². The summed E-state index contributed by atoms with van der Waals surface area (Å²) in [5.74, 6) is 0. The lowest BCUT2D eigenvalue weighted by Crippen LogP contribution is -2.45. The van der Waals surface area contributed by atoms with Crippen LogP contribution in [0, 0.1) is 0 Å². The van der Waals surface area contributed by atoms with E-state index < -0.39 is 11.7 Å². The standard InChI is InChI=1S/C9H19NO3/c1-9(13)2-4-10(5-3-9)6-8(12)7-11/h8,11-13H,2-7H2,1H3/t8-/m1/s1. The van der Waals surface area contributed by atoms with Crippen LogP contribution in [0.15, 0.2) is 0 Å². The normalized spacial score (nSPS) is 25.8. The van der Waals surface area contributed by atoms with Crippen LogP contribution in [0.2, 0.25) is 0 Å². The molecule has 0 amide bonds. The van der Waals surface area contributed by atoms with Crippen LogP contribution < -0.4 is 0 Å². The molecule has 1 aliphatic rings. The molecular weight excluding hydrogens is 170 g/mol. The van der Waals surface area contributed by atoms with E-state index in [9.17, 15) is 10.2 Å². The largest absolute Gasteiger partial charge is 0.394 e. The van der Waals surface area contributed by atoms with Gasteiger partial charge in [0.1, 0.15) is 0 Å². The molecule has 1 rings (SSSR count). The lowest BCUT2D eigenvalue weighted by molar-refractivity contribution is -0.0214. The number of β-amino-alcohol motifs (C(OH)–C–C–N with tert-alkyl or cyclic N) is 1. The van der Waals surface area contributed by atoms with Crippen molar-refractivity contribution < 1.29 is 15.3 Å². The van der Waals surface area contributed by atoms with E-state index in [0.29, 0.717) is 6.54 Å². The number of piperidine rings is 1. The molecule has 0 spiro atoms. The molecule has 0 aromatic carbocycles. The summed E-state index contributed by atoms with van der Waals surface area (Å²) in [6.45, 7) is 3.75. The Morgan fingerprint density at radius 1 is 1.38 bits per heavy atom. The molecule has 1 aliphatic heterocycles. The molecule has 4 nitrogen and oxygen atoms in total. The van der Waals surface area contributed by atoms with Crippen molar-refractivity contribution in [1.82, 2.24) is 4.90 Å². The summed E-state index contributed by atoms with van der Waals surface area (Å²) in [7, 11) is 0. The predicted octanol–water partition coefficient (Wildman–Crippen LogP) is -0.814. The Morgan fingerprint density at radius 2 is 1.92 bits per heavy atom. The van der Waals surface area contributed by atoms with Gasteiger partial charge in [0.2, 0.25) is 0 Å². The topological polar surface area (TPSA) is 63.9 Å². The molecule has 3 N–H and O–H groups in total. The first-order valence-corrected chi connectivity index (χ1v) is 4.77. The summed E-state index contributed by atoms with van der Waals surface area (Å²) < 4.78 is 0. The molecule has 0 aromatic rings. The Morgan fingerprint density at radius 3 is 2.38 bits per heavy atom. The van der Waals surface area contributed by atoms with Crippen LogP contribution in [0.3, 0.4) is 0 Å². The Bertz CT molecular complexity index is 151. The maximum Gasteiger partial charge on any atom is 0.0897 e. The molecular formula is C9H19NO3. The second kappa shape index (κ2) is 4.37. The molecule has 1 heterocycles. The van der Waals surface area contributed by atoms with Gasteiger partial charge in [-0.25, -0.2) is 0 Å². The highest BCUT2D eigenvalue weighted by atomic mass is 16.3. The van der Waals surface area contributed by atoms with Gasteiger partial charge in [-0.15, -0.1) is 0 Å². The minimum absolute atomic E-state index is 0.188. The van der Waals surface area contributed by atoms with Gasteiger partial charge >= 0.3 is 0 Å². The fourth-order valence-electron chi connectivity index (χ4n) is 1.57. The SMILES string of the molecule is CC1(O)CCN(C[C@@H](O)CO)CC1. The first kappa shape index (κ1) is 10.9. The van der Waals surface area contributed by atoms with Gasteiger partial charge in [0.15, 0.2) is 0 Å². The number of nitrogens with zero attached hydrogens (tertiary/aromatic N) is 1. The van der Waals surface area contributed by atoms with Crippen molar-refractivity contribution in [3.63, 3.8) is 0 Å². The highest BCUT2D eigenvalue weighted by molar-refractivity contribution is 4.82. The molecule has 0 aromatic heterocycles. The molecule has 1 fully saturated rings. The van der Waals surface area contributed by atoms with Crippen molar-refractivity contribution in [3.8, 4) is 0 Å². The summed E-state index contributed by atoms with van der Waals surface area (Å²) >= 11 is 0. The van der Waals surface area contributed by atoms with E-state index in [-0.39, 0.29) is 6.61 Å². The van der Waals surface area contributed by atoms with E-state index in [1.807, 2.05) is 6.92 Å². The molecule has 0 aliphatic carbocycles. The Labute approximate surface area is 78.8 Å². The quantitative estimate of drug-likeness (QED) is 0.543. The van der Waals surface area contributed by atoms with Crippen molar-refractivity contribution in [1.29, 1.82) is 0 Å². The highest BCUT2D eigenvalue weighted by Crippen LogP contribution is 2.20. The van der Waals surface area contributed by atoms with Crippen LogP contribution in [0.1, 0.15) is 19.8 Å². The van der Waals surface area contributed by atoms with E-state index in [4.69, 9.17) is 5.11 Å². The molecule has 78 valence electrons. The summed E-state index contributed by atoms with van der Waals surface area (Å²) in [5, 5.41) is 27.5. The second-order valence-corrected chi connectivity index (χ2v) is 4.13. The molecule has 0 saturated carbocycles. The third-order valence-electron chi connectivity index (χ3n) is 2.61. The van der Waals surface area contributed by atoms with Gasteiger partial charge in [-0.05, 0) is 19.8 Å². The zero-order valence-electron chi connectivity index (χ0n) is 8.11. The van der Waals surface area contributed by atoms with Gasteiger partial charge in [-0.3, -0.25) is 0 Å². The van der Waals surface area contributed by atoms with Crippen LogP contribution in [0.5, 0.6) is 0 Å². The number of aliphatic hydroxyl groups is 3. The predicted molar refractivity (Wildman–Crippen MR) is 49.4 cm³/mol. The average Bonchev–Trinajstić information content (AvgIpc) is 2.08. The third kappa shape index (κ3) is 3.60. The summed E-state index contributed by atoms with van der Waals surface area (Å²) in [6.07, 6.45) is 0.832. The van der Waals surface area contributed by atoms with E-state index in [2.05, 4.69) is 4.90 Å². The van der Waals surface area contributed by atoms with Crippen LogP contribution in [0.4, 0.5) is 0 Å². The Hall–Kier alpha value is -0.160. The Kier molecular flexibility index (Phi) is 3.67. The number of rotatable bonds is 3. The summed E-state index contributed by atoms with van der Waals surface area (Å²) in [5.41, 5.74) is -0.541. The highest BCUT2D eigenvalue weighted by Gasteiger charge is 2.27. The number of hydrogen-bond acceptors (Lipinski definition) is 4. The fraction of sp³-hybridized carbons (Fsp3) is 1.00. The Balaban J connectivity index is 2.25. The lowest BCUT2D eigenvalue weighted by Gasteiger charge is -2.36. The van der Waals surface area contributed by atoms with Crippen molar-refractivity contribution in [3.05, 3.63) is 0 Å². The minimum atomic E-state index is -0.650. The van der Waals surface area contributed by atoms with Gasteiger partial charge < -0.3 is 20.2 Å². The van der Waals surface area contributed by atoms with Gasteiger partial charge in [-0.1, -0.05) is 0 Å². The van der Waals surface area contributed by atoms with Crippen LogP contribution in [-0.2, 0) is 0 Å². The number of hydrogen-bond donors (Lipinski definition) is 3. The molecule has 13 heavy (non-hydrogen) atoms. The van der Waals surface area contributed by atoms with Crippen molar-refractivity contribution in [2.45, 2.75) is 31.5 Å². The molecule has 0 bridgehead atoms. The maximum absolute atomic E-state index is 9.64. The van der Waals surface area contributed by atoms with Gasteiger partial charge in [0.25, 0.3) is 0 Å². The second-order valence-electron chi connectivity index (χ2n) is 4.13. The van der Waals surface area contributed by atoms with E-state index in [0.717, 1.165) is 25.9 Å². The number of aliphatic hydroxyl groups excluding tert-OH is 2. The first-order valence-electron chi connectivity index (χ1n) is 4.77. The number of likely N-dealkylation sites (tertiary alicyclic amines) is 1. The fourth-order valence-corrected chi connectivity index (χ4v) is 1.57. The summed E-state index contributed by atoms with van der Waals surface area (Å²) in [4.78, 5) is 2.07. The third-order valence-corrected chi connectivity index (χ3v) is 2.61. The average molecular weight is 189 g/mol. The van der Waals surface area contributed by atoms with E-state index >= 15 is 0 Å². The monoisotopic (exact) mass is 189 g/mol. The molecule has 4 heteroatoms. The zero-order valence-corrected chi connectivity index (χ0v) is 8.11. The molecule has 0 unspecified atom stereocenters. The van der Waals surface area contributed by atoms with Crippen LogP contribution in [0.25, 0.3) is 0 Å². The van der Waals surface area contributed by atoms with Gasteiger partial charge in [0.05, 0.1) is 18.3 Å². The van der Waals surface area contributed by atoms with Crippen molar-refractivity contribution in [2.75, 3.05) is 26.2 Å². The summed E-state index contributed by atoms with van der Waals surface area (Å²) in [6, 6.07) is 0. The zero-order chi connectivity index (χ0) is 9.90. The van der Waals surface area contributed by atoms with Crippen molar-refractivity contribution >= 4 is 0 Å². The van der Waals surface area contributed by atoms with Crippen LogP contribution in [-0.4, -0.2) is 58.2 Å². The van der Waals surface area contributed by atoms with E-state index in [1.165, 1.54) is 0 Å².